The van der Waals surface area contributed by atoms with Gasteiger partial charge in [-0.2, -0.15) is 5.10 Å². The van der Waals surface area contributed by atoms with Gasteiger partial charge in [-0.05, 0) is 70.3 Å². The van der Waals surface area contributed by atoms with Crippen molar-refractivity contribution in [2.45, 2.75) is 51.6 Å². The first kappa shape index (κ1) is 21.0. The molecule has 5 rings (SSSR count). The monoisotopic (exact) mass is 458 g/mol. The highest BCUT2D eigenvalue weighted by atomic mass is 35.5. The number of likely N-dealkylation sites (tertiary alicyclic amines) is 1. The van der Waals surface area contributed by atoms with Gasteiger partial charge < -0.3 is 9.80 Å². The van der Waals surface area contributed by atoms with Crippen LogP contribution in [0.2, 0.25) is 10.0 Å². The predicted octanol–water partition coefficient (Wildman–Crippen LogP) is 5.12. The second-order valence-corrected chi connectivity index (χ2v) is 9.58. The number of benzene rings is 1. The van der Waals surface area contributed by atoms with Gasteiger partial charge in [0.05, 0.1) is 17.9 Å². The van der Waals surface area contributed by atoms with Gasteiger partial charge in [0.1, 0.15) is 11.3 Å². The molecule has 0 N–H and O–H groups in total. The zero-order valence-corrected chi connectivity index (χ0v) is 19.6. The molecule has 2 aromatic heterocycles. The number of fused-ring (bicyclic) bond motifs is 1. The summed E-state index contributed by atoms with van der Waals surface area (Å²) in [6, 6.07) is 6.23. The van der Waals surface area contributed by atoms with Gasteiger partial charge in [-0.15, -0.1) is 0 Å². The van der Waals surface area contributed by atoms with E-state index in [-0.39, 0.29) is 6.04 Å². The zero-order chi connectivity index (χ0) is 21.5. The van der Waals surface area contributed by atoms with Crippen LogP contribution in [-0.4, -0.2) is 56.9 Å². The first-order valence-electron chi connectivity index (χ1n) is 11.2. The molecule has 1 unspecified atom stereocenters. The predicted molar refractivity (Wildman–Crippen MR) is 126 cm³/mol. The van der Waals surface area contributed by atoms with Crippen LogP contribution in [0.4, 0.5) is 5.82 Å². The van der Waals surface area contributed by atoms with Gasteiger partial charge in [0.2, 0.25) is 0 Å². The quantitative estimate of drug-likeness (QED) is 0.543. The molecule has 0 bridgehead atoms. The molecule has 2 aliphatic heterocycles. The van der Waals surface area contributed by atoms with Crippen molar-refractivity contribution in [3.63, 3.8) is 0 Å². The fourth-order valence-corrected chi connectivity index (χ4v) is 5.57. The van der Waals surface area contributed by atoms with E-state index in [0.29, 0.717) is 10.0 Å². The van der Waals surface area contributed by atoms with E-state index in [1.807, 2.05) is 29.9 Å². The molecule has 4 heterocycles. The van der Waals surface area contributed by atoms with E-state index in [1.54, 1.807) is 6.07 Å². The molecule has 0 amide bonds. The van der Waals surface area contributed by atoms with Crippen molar-refractivity contribution in [3.05, 3.63) is 45.7 Å². The molecule has 0 saturated carbocycles. The van der Waals surface area contributed by atoms with E-state index in [2.05, 4.69) is 16.7 Å². The molecule has 8 heteroatoms. The van der Waals surface area contributed by atoms with Gasteiger partial charge in [-0.25, -0.2) is 14.6 Å². The molecule has 0 aliphatic carbocycles. The second-order valence-electron chi connectivity index (χ2n) is 8.73. The Balaban J connectivity index is 1.42. The highest BCUT2D eigenvalue weighted by molar-refractivity contribution is 6.35. The van der Waals surface area contributed by atoms with E-state index in [4.69, 9.17) is 38.3 Å². The molecule has 3 aromatic rings. The third-order valence-corrected chi connectivity index (χ3v) is 7.35. The molecule has 0 spiro atoms. The molecular formula is C23H28Cl2N6. The van der Waals surface area contributed by atoms with Gasteiger partial charge in [0.25, 0.3) is 0 Å². The van der Waals surface area contributed by atoms with Gasteiger partial charge in [-0.3, -0.25) is 0 Å². The van der Waals surface area contributed by atoms with Gasteiger partial charge in [-0.1, -0.05) is 29.3 Å². The van der Waals surface area contributed by atoms with E-state index in [9.17, 15) is 0 Å². The standard InChI is InChI=1S/C23H28Cl2N6/c1-15-22-23(31(28-15)16(2)19-6-5-17(24)13-20(19)25)27-21(14-26-22)30-11-7-18(8-12-30)29-9-3-4-10-29/h5-6,13-14,16,18H,3-4,7-12H2,1-2H3. The highest BCUT2D eigenvalue weighted by Crippen LogP contribution is 2.31. The van der Waals surface area contributed by atoms with Gasteiger partial charge in [0, 0.05) is 29.2 Å². The van der Waals surface area contributed by atoms with Gasteiger partial charge >= 0.3 is 0 Å². The fourth-order valence-electron chi connectivity index (χ4n) is 5.00. The Labute approximate surface area is 193 Å². The minimum Gasteiger partial charge on any atom is -0.355 e. The van der Waals surface area contributed by atoms with Crippen LogP contribution in [-0.2, 0) is 0 Å². The Hall–Kier alpha value is -1.89. The van der Waals surface area contributed by atoms with Crippen LogP contribution < -0.4 is 4.90 Å². The van der Waals surface area contributed by atoms with E-state index in [0.717, 1.165) is 47.4 Å². The molecule has 164 valence electrons. The average molecular weight is 459 g/mol. The number of anilines is 1. The van der Waals surface area contributed by atoms with Crippen LogP contribution in [0.5, 0.6) is 0 Å². The summed E-state index contributed by atoms with van der Waals surface area (Å²) < 4.78 is 1.94. The lowest BCUT2D eigenvalue weighted by atomic mass is 10.0. The van der Waals surface area contributed by atoms with E-state index >= 15 is 0 Å². The molecule has 6 nitrogen and oxygen atoms in total. The summed E-state index contributed by atoms with van der Waals surface area (Å²) in [6.45, 7) is 8.63. The molecule has 0 radical (unpaired) electrons. The maximum absolute atomic E-state index is 6.48. The highest BCUT2D eigenvalue weighted by Gasteiger charge is 2.27. The first-order valence-corrected chi connectivity index (χ1v) is 11.9. The van der Waals surface area contributed by atoms with E-state index < -0.39 is 0 Å². The third kappa shape index (κ3) is 4.01. The Morgan fingerprint density at radius 2 is 1.81 bits per heavy atom. The lowest BCUT2D eigenvalue weighted by Gasteiger charge is -2.37. The molecule has 2 aliphatic rings. The molecule has 2 fully saturated rings. The SMILES string of the molecule is Cc1nn(C(C)c2ccc(Cl)cc2Cl)c2nc(N3CCC(N4CCCC4)CC3)cnc12. The van der Waals surface area contributed by atoms with Crippen molar-refractivity contribution >= 4 is 40.2 Å². The van der Waals surface area contributed by atoms with Crippen molar-refractivity contribution in [1.29, 1.82) is 0 Å². The molecule has 1 aromatic carbocycles. The van der Waals surface area contributed by atoms with Crippen molar-refractivity contribution < 1.29 is 0 Å². The molecule has 31 heavy (non-hydrogen) atoms. The third-order valence-electron chi connectivity index (χ3n) is 6.78. The lowest BCUT2D eigenvalue weighted by Crippen LogP contribution is -2.44. The van der Waals surface area contributed by atoms with Crippen LogP contribution in [0.3, 0.4) is 0 Å². The minimum atomic E-state index is -0.0774. The van der Waals surface area contributed by atoms with Crippen LogP contribution in [0.15, 0.2) is 24.4 Å². The number of halogens is 2. The van der Waals surface area contributed by atoms with Crippen LogP contribution in [0, 0.1) is 6.92 Å². The van der Waals surface area contributed by atoms with Crippen molar-refractivity contribution in [1.82, 2.24) is 24.6 Å². The number of hydrogen-bond acceptors (Lipinski definition) is 5. The summed E-state index contributed by atoms with van der Waals surface area (Å²) in [7, 11) is 0. The summed E-state index contributed by atoms with van der Waals surface area (Å²) >= 11 is 12.6. The Kier molecular flexibility index (Phi) is 5.80. The number of rotatable bonds is 4. The largest absolute Gasteiger partial charge is 0.355 e. The Morgan fingerprint density at radius 3 is 2.52 bits per heavy atom. The van der Waals surface area contributed by atoms with Crippen LogP contribution in [0.25, 0.3) is 11.2 Å². The van der Waals surface area contributed by atoms with Crippen molar-refractivity contribution in [2.24, 2.45) is 0 Å². The number of piperidine rings is 1. The molecule has 1 atom stereocenters. The average Bonchev–Trinajstić information content (AvgIpc) is 3.42. The number of nitrogens with zero attached hydrogens (tertiary/aromatic N) is 6. The zero-order valence-electron chi connectivity index (χ0n) is 18.1. The normalized spacial score (nSPS) is 19.4. The molecule has 2 saturated heterocycles. The minimum absolute atomic E-state index is 0.0774. The maximum atomic E-state index is 6.48. The number of hydrogen-bond donors (Lipinski definition) is 0. The van der Waals surface area contributed by atoms with E-state index in [1.165, 1.54) is 38.8 Å². The topological polar surface area (TPSA) is 50.1 Å². The van der Waals surface area contributed by atoms with Crippen LogP contribution in [0.1, 0.15) is 49.9 Å². The number of aromatic nitrogens is 4. The molecular weight excluding hydrogens is 431 g/mol. The van der Waals surface area contributed by atoms with Gasteiger partial charge in [0.15, 0.2) is 5.65 Å². The first-order chi connectivity index (χ1) is 15.0. The second kappa shape index (κ2) is 8.57. The lowest BCUT2D eigenvalue weighted by molar-refractivity contribution is 0.207. The number of aryl methyl sites for hydroxylation is 1. The van der Waals surface area contributed by atoms with Crippen LogP contribution >= 0.6 is 23.2 Å². The summed E-state index contributed by atoms with van der Waals surface area (Å²) in [4.78, 5) is 14.8. The smallest absolute Gasteiger partial charge is 0.179 e. The summed E-state index contributed by atoms with van der Waals surface area (Å²) in [5.41, 5.74) is 3.48. The maximum Gasteiger partial charge on any atom is 0.179 e. The summed E-state index contributed by atoms with van der Waals surface area (Å²) in [6.07, 6.45) is 6.98. The Bertz CT molecular complexity index is 1080. The summed E-state index contributed by atoms with van der Waals surface area (Å²) in [5, 5.41) is 6.02. The Morgan fingerprint density at radius 1 is 1.06 bits per heavy atom. The fraction of sp³-hybridized carbons (Fsp3) is 0.522. The summed E-state index contributed by atoms with van der Waals surface area (Å²) in [5.74, 6) is 0.933. The van der Waals surface area contributed by atoms with Crippen molar-refractivity contribution in [2.75, 3.05) is 31.1 Å². The van der Waals surface area contributed by atoms with Crippen molar-refractivity contribution in [3.8, 4) is 0 Å².